The van der Waals surface area contributed by atoms with Crippen LogP contribution in [-0.4, -0.2) is 63.1 Å². The van der Waals surface area contributed by atoms with Crippen molar-refractivity contribution in [3.8, 4) is 0 Å². The maximum absolute atomic E-state index is 7.00. The molecule has 2 aliphatic carbocycles. The molecule has 5 heteroatoms. The normalized spacial score (nSPS) is 34.8. The standard InChI is InChI=1S/C7H12.C6H10O3.2CH4O/c1-2-7-4-3-6(1)5-7;1(5-3-8-5)7-2-6-4-9-6;2*1-2/h6-7H,1-5H2;5-6H,1-4H2;2*2H,1H3. The summed E-state index contributed by atoms with van der Waals surface area (Å²) in [6.45, 7) is 3.26. The van der Waals surface area contributed by atoms with Gasteiger partial charge in [0, 0.05) is 14.2 Å². The highest BCUT2D eigenvalue weighted by Crippen LogP contribution is 2.43. The number of rotatable bonds is 4. The van der Waals surface area contributed by atoms with Crippen molar-refractivity contribution in [2.45, 2.75) is 44.3 Å². The van der Waals surface area contributed by atoms with Crippen LogP contribution in [0.2, 0.25) is 0 Å². The molecule has 2 aliphatic heterocycles. The predicted octanol–water partition coefficient (Wildman–Crippen LogP) is 1.21. The van der Waals surface area contributed by atoms with Crippen molar-refractivity contribution in [3.63, 3.8) is 0 Å². The summed E-state index contributed by atoms with van der Waals surface area (Å²) in [5.74, 6) is 2.34. The molecule has 2 saturated heterocycles. The Balaban J connectivity index is 0.000000164. The molecule has 120 valence electrons. The fraction of sp³-hybridized carbons (Fsp3) is 1.00. The van der Waals surface area contributed by atoms with E-state index in [1.54, 1.807) is 32.1 Å². The lowest BCUT2D eigenvalue weighted by atomic mass is 10.0. The smallest absolute Gasteiger partial charge is 0.104 e. The zero-order valence-electron chi connectivity index (χ0n) is 12.8. The molecule has 0 aromatic carbocycles. The lowest BCUT2D eigenvalue weighted by molar-refractivity contribution is 0.102. The van der Waals surface area contributed by atoms with E-state index in [4.69, 9.17) is 24.4 Å². The number of aliphatic hydroxyl groups excluding tert-OH is 2. The molecule has 5 nitrogen and oxygen atoms in total. The van der Waals surface area contributed by atoms with E-state index in [1.165, 1.54) is 11.8 Å². The van der Waals surface area contributed by atoms with Crippen molar-refractivity contribution in [3.05, 3.63) is 0 Å². The molecule has 0 amide bonds. The predicted molar refractivity (Wildman–Crippen MR) is 76.6 cm³/mol. The number of fused-ring (bicyclic) bond motifs is 2. The largest absolute Gasteiger partial charge is 0.400 e. The Morgan fingerprint density at radius 2 is 1.15 bits per heavy atom. The highest BCUT2D eigenvalue weighted by atomic mass is 16.6. The summed E-state index contributed by atoms with van der Waals surface area (Å²) in [4.78, 5) is 0. The molecule has 2 atom stereocenters. The quantitative estimate of drug-likeness (QED) is 0.761. The summed E-state index contributed by atoms with van der Waals surface area (Å²) < 4.78 is 15.1. The lowest BCUT2D eigenvalue weighted by Gasteiger charge is -2.05. The van der Waals surface area contributed by atoms with E-state index in [0.29, 0.717) is 12.2 Å². The van der Waals surface area contributed by atoms with E-state index < -0.39 is 0 Å². The van der Waals surface area contributed by atoms with E-state index in [-0.39, 0.29) is 0 Å². The van der Waals surface area contributed by atoms with Crippen LogP contribution < -0.4 is 0 Å². The van der Waals surface area contributed by atoms with Crippen molar-refractivity contribution < 1.29 is 24.4 Å². The minimum absolute atomic E-state index is 0.392. The van der Waals surface area contributed by atoms with E-state index in [2.05, 4.69) is 0 Å². The molecule has 0 aromatic heterocycles. The summed E-state index contributed by atoms with van der Waals surface area (Å²) in [6.07, 6.45) is 8.61. The molecule has 4 rings (SSSR count). The topological polar surface area (TPSA) is 74.8 Å². The minimum atomic E-state index is 0.392. The van der Waals surface area contributed by atoms with Gasteiger partial charge in [-0.25, -0.2) is 0 Å². The summed E-state index contributed by atoms with van der Waals surface area (Å²) in [7, 11) is 2.00. The van der Waals surface area contributed by atoms with Crippen LogP contribution in [-0.2, 0) is 14.2 Å². The first-order valence-electron chi connectivity index (χ1n) is 7.60. The molecule has 2 unspecified atom stereocenters. The van der Waals surface area contributed by atoms with Gasteiger partial charge < -0.3 is 24.4 Å². The highest BCUT2D eigenvalue weighted by molar-refractivity contribution is 4.82. The van der Waals surface area contributed by atoms with Gasteiger partial charge in [0.25, 0.3) is 0 Å². The average Bonchev–Trinajstić information content (AvgIpc) is 3.45. The Labute approximate surface area is 122 Å². The van der Waals surface area contributed by atoms with Crippen LogP contribution in [0.4, 0.5) is 0 Å². The van der Waals surface area contributed by atoms with Gasteiger partial charge in [-0.1, -0.05) is 25.7 Å². The Bertz CT molecular complexity index is 198. The Morgan fingerprint density at radius 3 is 1.35 bits per heavy atom. The molecule has 0 spiro atoms. The monoisotopic (exact) mass is 290 g/mol. The molecular weight excluding hydrogens is 260 g/mol. The molecule has 4 fully saturated rings. The van der Waals surface area contributed by atoms with Crippen LogP contribution in [0.3, 0.4) is 0 Å². The Hall–Kier alpha value is -0.200. The molecule has 20 heavy (non-hydrogen) atoms. The SMILES string of the molecule is C(OCC1CO1)C1CO1.C1CC2CCC1C2.CO.CO. The van der Waals surface area contributed by atoms with E-state index in [9.17, 15) is 0 Å². The molecule has 2 saturated carbocycles. The van der Waals surface area contributed by atoms with Crippen molar-refractivity contribution in [2.75, 3.05) is 40.6 Å². The molecular formula is C15H30O5. The number of hydrogen-bond acceptors (Lipinski definition) is 5. The fourth-order valence-corrected chi connectivity index (χ4v) is 2.83. The van der Waals surface area contributed by atoms with Crippen LogP contribution in [0.1, 0.15) is 32.1 Å². The average molecular weight is 290 g/mol. The van der Waals surface area contributed by atoms with Gasteiger partial charge in [-0.3, -0.25) is 0 Å². The summed E-state index contributed by atoms with van der Waals surface area (Å²) in [5, 5.41) is 14.0. The van der Waals surface area contributed by atoms with E-state index in [0.717, 1.165) is 40.6 Å². The first-order chi connectivity index (χ1) is 9.90. The number of epoxide rings is 2. The molecule has 2 bridgehead atoms. The third-order valence-corrected chi connectivity index (χ3v) is 4.05. The molecule has 0 radical (unpaired) electrons. The van der Waals surface area contributed by atoms with Crippen LogP contribution in [0.15, 0.2) is 0 Å². The Kier molecular flexibility index (Phi) is 9.39. The van der Waals surface area contributed by atoms with Gasteiger partial charge >= 0.3 is 0 Å². The summed E-state index contributed by atoms with van der Waals surface area (Å²) in [6, 6.07) is 0. The van der Waals surface area contributed by atoms with Gasteiger partial charge in [-0.2, -0.15) is 0 Å². The molecule has 0 aromatic rings. The number of aliphatic hydroxyl groups is 2. The van der Waals surface area contributed by atoms with Gasteiger partial charge in [0.05, 0.1) is 26.4 Å². The van der Waals surface area contributed by atoms with Gasteiger partial charge in [0.15, 0.2) is 0 Å². The Morgan fingerprint density at radius 1 is 0.800 bits per heavy atom. The number of hydrogen-bond donors (Lipinski definition) is 2. The lowest BCUT2D eigenvalue weighted by Crippen LogP contribution is -2.06. The van der Waals surface area contributed by atoms with Gasteiger partial charge in [0.1, 0.15) is 12.2 Å². The van der Waals surface area contributed by atoms with Gasteiger partial charge in [-0.05, 0) is 18.3 Å². The molecule has 2 N–H and O–H groups in total. The van der Waals surface area contributed by atoms with Crippen molar-refractivity contribution >= 4 is 0 Å². The van der Waals surface area contributed by atoms with Crippen LogP contribution in [0.25, 0.3) is 0 Å². The molecule has 4 aliphatic rings. The van der Waals surface area contributed by atoms with Crippen molar-refractivity contribution in [1.82, 2.24) is 0 Å². The fourth-order valence-electron chi connectivity index (χ4n) is 2.83. The summed E-state index contributed by atoms with van der Waals surface area (Å²) >= 11 is 0. The van der Waals surface area contributed by atoms with Crippen molar-refractivity contribution in [2.24, 2.45) is 11.8 Å². The zero-order chi connectivity index (χ0) is 14.8. The van der Waals surface area contributed by atoms with Gasteiger partial charge in [-0.15, -0.1) is 0 Å². The molecule has 2 heterocycles. The summed E-state index contributed by atoms with van der Waals surface area (Å²) in [5.41, 5.74) is 0. The third kappa shape index (κ3) is 7.55. The maximum atomic E-state index is 7.00. The first-order valence-corrected chi connectivity index (χ1v) is 7.60. The van der Waals surface area contributed by atoms with Gasteiger partial charge in [0.2, 0.25) is 0 Å². The third-order valence-electron chi connectivity index (χ3n) is 4.05. The number of ether oxygens (including phenoxy) is 3. The second kappa shape index (κ2) is 10.5. The van der Waals surface area contributed by atoms with Crippen molar-refractivity contribution in [1.29, 1.82) is 0 Å². The van der Waals surface area contributed by atoms with E-state index >= 15 is 0 Å². The minimum Gasteiger partial charge on any atom is -0.400 e. The van der Waals surface area contributed by atoms with Crippen LogP contribution >= 0.6 is 0 Å². The maximum Gasteiger partial charge on any atom is 0.104 e. The second-order valence-electron chi connectivity index (χ2n) is 5.57. The van der Waals surface area contributed by atoms with E-state index in [1.807, 2.05) is 0 Å². The second-order valence-corrected chi connectivity index (χ2v) is 5.57. The zero-order valence-corrected chi connectivity index (χ0v) is 12.8. The highest BCUT2D eigenvalue weighted by Gasteiger charge is 2.30. The van der Waals surface area contributed by atoms with Crippen LogP contribution in [0, 0.1) is 11.8 Å². The first kappa shape index (κ1) is 17.9. The van der Waals surface area contributed by atoms with Crippen LogP contribution in [0.5, 0.6) is 0 Å².